The first-order chi connectivity index (χ1) is 5.20. The second kappa shape index (κ2) is 18.0. The van der Waals surface area contributed by atoms with Crippen molar-refractivity contribution in [3.05, 3.63) is 0 Å². The second-order valence-corrected chi connectivity index (χ2v) is 2.27. The lowest BCUT2D eigenvalue weighted by atomic mass is 12.0. The van der Waals surface area contributed by atoms with E-state index in [2.05, 4.69) is 0 Å². The maximum absolute atomic E-state index is 8.70. The van der Waals surface area contributed by atoms with Crippen LogP contribution in [0.2, 0.25) is 0 Å². The minimum atomic E-state index is -2.87. The monoisotopic (exact) mass is 259 g/mol. The molecule has 13 heavy (non-hydrogen) atoms. The van der Waals surface area contributed by atoms with E-state index >= 15 is 0 Å². The number of hydrogen-bond donors (Lipinski definition) is 6. The molecule has 0 unspecified atom stereocenters. The smallest absolute Gasteiger partial charge is 0.134 e. The molecule has 6 N–H and O–H groups in total. The van der Waals surface area contributed by atoms with Gasteiger partial charge >= 0.3 is 24.8 Å². The molecule has 0 heterocycles. The normalized spacial score (nSPS) is 6.00. The Bertz CT molecular complexity index is 112. The van der Waals surface area contributed by atoms with Crippen LogP contribution in [-0.4, -0.2) is 29.4 Å². The molecule has 0 aromatic heterocycles. The Morgan fingerprint density at radius 2 is 0.538 bits per heavy atom. The highest BCUT2D eigenvalue weighted by Gasteiger charge is 1.93. The van der Waals surface area contributed by atoms with E-state index in [1.165, 1.54) is 0 Å². The fraction of sp³-hybridized carbons (Fsp3) is 1.00. The Kier molecular flexibility index (Phi) is 32.0. The summed E-state index contributed by atoms with van der Waals surface area (Å²) in [5.74, 6) is 0. The van der Waals surface area contributed by atoms with Crippen molar-refractivity contribution < 1.29 is 43.1 Å². The van der Waals surface area contributed by atoms with Gasteiger partial charge in [-0.05, 0) is 0 Å². The molecule has 0 radical (unpaired) electrons. The van der Waals surface area contributed by atoms with Crippen LogP contribution in [0.1, 0.15) is 7.43 Å². The average molecular weight is 259 g/mol. The molecule has 80 valence electrons. The quantitative estimate of drug-likeness (QED) is 0.314. The lowest BCUT2D eigenvalue weighted by Crippen LogP contribution is -1.38. The van der Waals surface area contributed by atoms with E-state index in [0.29, 0.717) is 0 Å². The molecule has 0 rings (SSSR count). The molecule has 0 aliphatic carbocycles. The van der Waals surface area contributed by atoms with Gasteiger partial charge in [-0.15, -0.1) is 29.4 Å². The van der Waals surface area contributed by atoms with Crippen LogP contribution in [0.3, 0.4) is 0 Å². The Morgan fingerprint density at radius 3 is 0.538 bits per heavy atom. The molecule has 0 atom stereocenters. The molecule has 0 spiro atoms. The predicted octanol–water partition coefficient (Wildman–Crippen LogP) is -0.479. The van der Waals surface area contributed by atoms with E-state index < -0.39 is 24.8 Å². The lowest BCUT2D eigenvalue weighted by Gasteiger charge is -1.34. The van der Waals surface area contributed by atoms with Gasteiger partial charge in [0.05, 0.1) is 0 Å². The maximum Gasteiger partial charge on any atom is 0.692 e. The van der Waals surface area contributed by atoms with Gasteiger partial charge in [0.25, 0.3) is 0 Å². The Morgan fingerprint density at radius 1 is 0.538 bits per heavy atom. The third-order valence-electron chi connectivity index (χ3n) is 0. The van der Waals surface area contributed by atoms with E-state index in [9.17, 15) is 0 Å². The van der Waals surface area contributed by atoms with E-state index in [0.717, 1.165) is 0 Å². The molecule has 0 saturated carbocycles. The maximum atomic E-state index is 8.70. The van der Waals surface area contributed by atoms with Crippen molar-refractivity contribution in [3.63, 3.8) is 0 Å². The Labute approximate surface area is 76.2 Å². The molecule has 0 fully saturated rings. The van der Waals surface area contributed by atoms with Crippen LogP contribution >= 0.6 is 24.8 Å². The van der Waals surface area contributed by atoms with E-state index in [-0.39, 0.29) is 7.43 Å². The highest BCUT2D eigenvalue weighted by Crippen LogP contribution is 1.99. The van der Waals surface area contributed by atoms with Gasteiger partial charge < -0.3 is 0 Å². The zero-order chi connectivity index (χ0) is 10.7. The summed E-state index contributed by atoms with van der Waals surface area (Å²) in [5, 5.41) is 0. The van der Waals surface area contributed by atoms with Crippen molar-refractivity contribution in [3.8, 4) is 0 Å². The van der Waals surface area contributed by atoms with Crippen molar-refractivity contribution >= 4 is 24.8 Å². The highest BCUT2D eigenvalue weighted by atomic mass is 31.1. The Balaban J connectivity index is -0.0000000450. The minimum absolute atomic E-state index is 0. The van der Waals surface area contributed by atoms with Crippen molar-refractivity contribution in [1.82, 2.24) is 0 Å². The third-order valence-corrected chi connectivity index (χ3v) is 0. The van der Waals surface area contributed by atoms with Gasteiger partial charge in [0, 0.05) is 13.7 Å². The average Bonchev–Trinajstić information content (AvgIpc) is 1.54. The van der Waals surface area contributed by atoms with E-state index in [4.69, 9.17) is 43.1 Å². The SMILES string of the molecule is C.O=[P+](O)O.O=[P+](O)O.O=[P+](O)O. The van der Waals surface area contributed by atoms with Crippen LogP contribution in [0.15, 0.2) is 0 Å². The summed E-state index contributed by atoms with van der Waals surface area (Å²) in [7, 11) is -8.61. The molecule has 0 aromatic rings. The summed E-state index contributed by atoms with van der Waals surface area (Å²) in [6, 6.07) is 0. The molecule has 0 aliphatic heterocycles. The fourth-order valence-corrected chi connectivity index (χ4v) is 0. The first kappa shape index (κ1) is 23.1. The van der Waals surface area contributed by atoms with E-state index in [1.807, 2.05) is 0 Å². The van der Waals surface area contributed by atoms with Crippen molar-refractivity contribution in [2.45, 2.75) is 7.43 Å². The molecular formula is CH10O9P3+3. The zero-order valence-corrected chi connectivity index (χ0v) is 7.93. The first-order valence-electron chi connectivity index (χ1n) is 1.75. The molecule has 12 heteroatoms. The summed E-state index contributed by atoms with van der Waals surface area (Å²) in [6.45, 7) is 0. The van der Waals surface area contributed by atoms with Gasteiger partial charge in [-0.2, -0.15) is 0 Å². The molecule has 0 bridgehead atoms. The minimum Gasteiger partial charge on any atom is -0.134 e. The molecule has 0 amide bonds. The summed E-state index contributed by atoms with van der Waals surface area (Å²) in [6.07, 6.45) is 0. The summed E-state index contributed by atoms with van der Waals surface area (Å²) >= 11 is 0. The molecule has 0 aliphatic rings. The summed E-state index contributed by atoms with van der Waals surface area (Å²) < 4.78 is 26.1. The summed E-state index contributed by atoms with van der Waals surface area (Å²) in [4.78, 5) is 42.7. The topological polar surface area (TPSA) is 173 Å². The van der Waals surface area contributed by atoms with Crippen LogP contribution in [0.25, 0.3) is 0 Å². The Hall–Kier alpha value is 0.0600. The second-order valence-electron chi connectivity index (χ2n) is 0.758. The summed E-state index contributed by atoms with van der Waals surface area (Å²) in [5.41, 5.74) is 0. The first-order valence-corrected chi connectivity index (χ1v) is 5.24. The largest absolute Gasteiger partial charge is 0.692 e. The standard InChI is InChI=1S/CH4.3HO3P/c;3*1-4(2)3/h1H4;3*(H-,1,2,3)/p+3. The van der Waals surface area contributed by atoms with Crippen LogP contribution < -0.4 is 0 Å². The van der Waals surface area contributed by atoms with Crippen molar-refractivity contribution in [1.29, 1.82) is 0 Å². The van der Waals surface area contributed by atoms with Gasteiger partial charge in [-0.3, -0.25) is 0 Å². The van der Waals surface area contributed by atoms with Crippen LogP contribution in [-0.2, 0) is 13.7 Å². The predicted molar refractivity (Wildman–Crippen MR) is 42.9 cm³/mol. The number of hydrogen-bond acceptors (Lipinski definition) is 3. The van der Waals surface area contributed by atoms with Gasteiger partial charge in [-0.1, -0.05) is 7.43 Å². The zero-order valence-electron chi connectivity index (χ0n) is 5.25. The van der Waals surface area contributed by atoms with Gasteiger partial charge in [0.2, 0.25) is 0 Å². The van der Waals surface area contributed by atoms with E-state index in [1.54, 1.807) is 0 Å². The van der Waals surface area contributed by atoms with Gasteiger partial charge in [0.1, 0.15) is 0 Å². The van der Waals surface area contributed by atoms with Crippen LogP contribution in [0.5, 0.6) is 0 Å². The molecule has 9 nitrogen and oxygen atoms in total. The van der Waals surface area contributed by atoms with Crippen molar-refractivity contribution in [2.75, 3.05) is 0 Å². The molecular weight excluding hydrogens is 249 g/mol. The molecule has 0 saturated heterocycles. The molecule has 0 aromatic carbocycles. The fourth-order valence-electron chi connectivity index (χ4n) is 0. The van der Waals surface area contributed by atoms with Crippen LogP contribution in [0, 0.1) is 0 Å². The lowest BCUT2D eigenvalue weighted by molar-refractivity contribution is 0.403. The van der Waals surface area contributed by atoms with Gasteiger partial charge in [-0.25, -0.2) is 0 Å². The van der Waals surface area contributed by atoms with Crippen LogP contribution in [0.4, 0.5) is 0 Å². The van der Waals surface area contributed by atoms with Gasteiger partial charge in [0.15, 0.2) is 0 Å². The van der Waals surface area contributed by atoms with Crippen molar-refractivity contribution in [2.24, 2.45) is 0 Å². The highest BCUT2D eigenvalue weighted by molar-refractivity contribution is 7.31. The third kappa shape index (κ3) is 339000. The number of rotatable bonds is 0.